The molecule has 1 aromatic rings. The van der Waals surface area contributed by atoms with Gasteiger partial charge in [-0.25, -0.2) is 0 Å². The summed E-state index contributed by atoms with van der Waals surface area (Å²) in [7, 11) is 0. The average molecular weight is 273 g/mol. The minimum atomic E-state index is -0.213. The fraction of sp³-hybridized carbons (Fsp3) is 0.438. The molecule has 1 amide bonds. The summed E-state index contributed by atoms with van der Waals surface area (Å²) >= 11 is 0. The van der Waals surface area contributed by atoms with E-state index in [-0.39, 0.29) is 11.9 Å². The molecule has 0 aliphatic carbocycles. The lowest BCUT2D eigenvalue weighted by Gasteiger charge is -2.34. The predicted octanol–water partition coefficient (Wildman–Crippen LogP) is 1.41. The van der Waals surface area contributed by atoms with Crippen LogP contribution >= 0.6 is 0 Å². The van der Waals surface area contributed by atoms with E-state index in [0.717, 1.165) is 38.3 Å². The molecule has 1 aliphatic rings. The molecule has 0 aromatic heterocycles. The molecule has 1 saturated heterocycles. The summed E-state index contributed by atoms with van der Waals surface area (Å²) in [6.45, 7) is 8.04. The van der Waals surface area contributed by atoms with Crippen LogP contribution < -0.4 is 5.73 Å². The molecule has 0 spiro atoms. The Kier molecular flexibility index (Phi) is 5.32. The van der Waals surface area contributed by atoms with E-state index in [1.165, 1.54) is 0 Å². The quantitative estimate of drug-likeness (QED) is 0.825. The summed E-state index contributed by atoms with van der Waals surface area (Å²) in [6.07, 6.45) is 2.29. The number of carbonyl (C=O) groups is 1. The number of rotatable bonds is 5. The van der Waals surface area contributed by atoms with Gasteiger partial charge in [0.05, 0.1) is 0 Å². The molecular formula is C16H23N3O. The SMILES string of the molecule is C=CCN1CCN(C(=O)CC(N)c2ccccc2)CC1. The number of carbonyl (C=O) groups excluding carboxylic acids is 1. The van der Waals surface area contributed by atoms with Crippen molar-refractivity contribution in [2.45, 2.75) is 12.5 Å². The number of piperazine rings is 1. The minimum Gasteiger partial charge on any atom is -0.340 e. The van der Waals surface area contributed by atoms with Crippen molar-refractivity contribution in [1.29, 1.82) is 0 Å². The molecule has 4 heteroatoms. The molecule has 1 atom stereocenters. The van der Waals surface area contributed by atoms with Gasteiger partial charge in [0, 0.05) is 45.2 Å². The van der Waals surface area contributed by atoms with Crippen molar-refractivity contribution in [2.24, 2.45) is 5.73 Å². The summed E-state index contributed by atoms with van der Waals surface area (Å²) in [5.74, 6) is 0.152. The molecule has 2 rings (SSSR count). The molecule has 2 N–H and O–H groups in total. The first-order valence-corrected chi connectivity index (χ1v) is 7.12. The molecule has 4 nitrogen and oxygen atoms in total. The van der Waals surface area contributed by atoms with Gasteiger partial charge < -0.3 is 10.6 Å². The smallest absolute Gasteiger partial charge is 0.224 e. The van der Waals surface area contributed by atoms with Gasteiger partial charge in [-0.1, -0.05) is 36.4 Å². The monoisotopic (exact) mass is 273 g/mol. The van der Waals surface area contributed by atoms with Gasteiger partial charge in [0.15, 0.2) is 0 Å². The Labute approximate surface area is 120 Å². The van der Waals surface area contributed by atoms with Gasteiger partial charge >= 0.3 is 0 Å². The molecular weight excluding hydrogens is 250 g/mol. The van der Waals surface area contributed by atoms with Crippen molar-refractivity contribution in [3.63, 3.8) is 0 Å². The maximum atomic E-state index is 12.3. The lowest BCUT2D eigenvalue weighted by atomic mass is 10.0. The highest BCUT2D eigenvalue weighted by Gasteiger charge is 2.22. The second-order valence-electron chi connectivity index (χ2n) is 5.19. The molecule has 1 fully saturated rings. The Morgan fingerprint density at radius 1 is 1.25 bits per heavy atom. The molecule has 0 saturated carbocycles. The van der Waals surface area contributed by atoms with Gasteiger partial charge in [0.25, 0.3) is 0 Å². The molecule has 20 heavy (non-hydrogen) atoms. The number of nitrogens with zero attached hydrogens (tertiary/aromatic N) is 2. The lowest BCUT2D eigenvalue weighted by molar-refractivity contribution is -0.133. The summed E-state index contributed by atoms with van der Waals surface area (Å²) in [5.41, 5.74) is 7.13. The Bertz CT molecular complexity index is 438. The van der Waals surface area contributed by atoms with E-state index >= 15 is 0 Å². The molecule has 0 bridgehead atoms. The van der Waals surface area contributed by atoms with Gasteiger partial charge in [-0.05, 0) is 5.56 Å². The maximum absolute atomic E-state index is 12.3. The lowest BCUT2D eigenvalue weighted by Crippen LogP contribution is -2.49. The molecule has 0 radical (unpaired) electrons. The molecule has 1 aromatic carbocycles. The van der Waals surface area contributed by atoms with Crippen molar-refractivity contribution in [2.75, 3.05) is 32.7 Å². The standard InChI is InChI=1S/C16H23N3O/c1-2-8-18-9-11-19(12-10-18)16(20)13-15(17)14-6-4-3-5-7-14/h2-7,15H,1,8-13,17H2. The van der Waals surface area contributed by atoms with E-state index in [9.17, 15) is 4.79 Å². The molecule has 1 heterocycles. The Hall–Kier alpha value is -1.65. The highest BCUT2D eigenvalue weighted by Crippen LogP contribution is 2.15. The zero-order chi connectivity index (χ0) is 14.4. The van der Waals surface area contributed by atoms with Gasteiger partial charge in [-0.2, -0.15) is 0 Å². The van der Waals surface area contributed by atoms with E-state index in [2.05, 4.69) is 11.5 Å². The maximum Gasteiger partial charge on any atom is 0.224 e. The van der Waals surface area contributed by atoms with Crippen molar-refractivity contribution < 1.29 is 4.79 Å². The van der Waals surface area contributed by atoms with Crippen LogP contribution in [-0.4, -0.2) is 48.4 Å². The van der Waals surface area contributed by atoms with Crippen LogP contribution in [0, 0.1) is 0 Å². The Morgan fingerprint density at radius 3 is 2.50 bits per heavy atom. The number of amides is 1. The van der Waals surface area contributed by atoms with Crippen LogP contribution in [0.5, 0.6) is 0 Å². The number of hydrogen-bond acceptors (Lipinski definition) is 3. The Balaban J connectivity index is 1.82. The number of benzene rings is 1. The Morgan fingerprint density at radius 2 is 1.90 bits per heavy atom. The average Bonchev–Trinajstić information content (AvgIpc) is 2.49. The van der Waals surface area contributed by atoms with Gasteiger partial charge in [-0.15, -0.1) is 6.58 Å². The van der Waals surface area contributed by atoms with Gasteiger partial charge in [0.1, 0.15) is 0 Å². The van der Waals surface area contributed by atoms with Gasteiger partial charge in [-0.3, -0.25) is 9.69 Å². The normalized spacial score (nSPS) is 17.8. The van der Waals surface area contributed by atoms with Crippen LogP contribution in [0.25, 0.3) is 0 Å². The summed E-state index contributed by atoms with van der Waals surface area (Å²) in [6, 6.07) is 9.59. The fourth-order valence-corrected chi connectivity index (χ4v) is 2.50. The van der Waals surface area contributed by atoms with Gasteiger partial charge in [0.2, 0.25) is 5.91 Å². The highest BCUT2D eigenvalue weighted by atomic mass is 16.2. The first-order chi connectivity index (χ1) is 9.70. The molecule has 108 valence electrons. The summed E-state index contributed by atoms with van der Waals surface area (Å²) < 4.78 is 0. The first kappa shape index (κ1) is 14.8. The first-order valence-electron chi connectivity index (χ1n) is 7.12. The predicted molar refractivity (Wildman–Crippen MR) is 81.2 cm³/mol. The van der Waals surface area contributed by atoms with Crippen LogP contribution in [0.2, 0.25) is 0 Å². The van der Waals surface area contributed by atoms with E-state index in [4.69, 9.17) is 5.73 Å². The zero-order valence-corrected chi connectivity index (χ0v) is 11.9. The van der Waals surface area contributed by atoms with Crippen LogP contribution in [0.4, 0.5) is 0 Å². The second kappa shape index (κ2) is 7.22. The number of hydrogen-bond donors (Lipinski definition) is 1. The third kappa shape index (κ3) is 3.92. The van der Waals surface area contributed by atoms with Crippen LogP contribution in [-0.2, 0) is 4.79 Å². The van der Waals surface area contributed by atoms with Crippen molar-refractivity contribution >= 4 is 5.91 Å². The van der Waals surface area contributed by atoms with E-state index < -0.39 is 0 Å². The van der Waals surface area contributed by atoms with Crippen molar-refractivity contribution in [3.05, 3.63) is 48.6 Å². The topological polar surface area (TPSA) is 49.6 Å². The third-order valence-electron chi connectivity index (χ3n) is 3.73. The van der Waals surface area contributed by atoms with Crippen LogP contribution in [0.1, 0.15) is 18.0 Å². The van der Waals surface area contributed by atoms with E-state index in [1.807, 2.05) is 41.3 Å². The molecule has 1 aliphatic heterocycles. The zero-order valence-electron chi connectivity index (χ0n) is 11.9. The largest absolute Gasteiger partial charge is 0.340 e. The fourth-order valence-electron chi connectivity index (χ4n) is 2.50. The highest BCUT2D eigenvalue weighted by molar-refractivity contribution is 5.77. The minimum absolute atomic E-state index is 0.152. The third-order valence-corrected chi connectivity index (χ3v) is 3.73. The second-order valence-corrected chi connectivity index (χ2v) is 5.19. The summed E-state index contributed by atoms with van der Waals surface area (Å²) in [4.78, 5) is 16.5. The molecule has 1 unspecified atom stereocenters. The van der Waals surface area contributed by atoms with Crippen LogP contribution in [0.3, 0.4) is 0 Å². The van der Waals surface area contributed by atoms with Crippen LogP contribution in [0.15, 0.2) is 43.0 Å². The van der Waals surface area contributed by atoms with Crippen molar-refractivity contribution in [1.82, 2.24) is 9.80 Å². The van der Waals surface area contributed by atoms with Crippen molar-refractivity contribution in [3.8, 4) is 0 Å². The van der Waals surface area contributed by atoms with E-state index in [1.54, 1.807) is 0 Å². The van der Waals surface area contributed by atoms with E-state index in [0.29, 0.717) is 6.42 Å². The number of nitrogens with two attached hydrogens (primary N) is 1. The summed E-state index contributed by atoms with van der Waals surface area (Å²) in [5, 5.41) is 0.